The summed E-state index contributed by atoms with van der Waals surface area (Å²) in [5.74, 6) is 0. The maximum atomic E-state index is 10.4. The van der Waals surface area contributed by atoms with Crippen LogP contribution >= 0.6 is 0 Å². The molecule has 4 nitrogen and oxygen atoms in total. The number of hydrogen-bond donors (Lipinski definition) is 0. The lowest BCUT2D eigenvalue weighted by molar-refractivity contribution is -0.108. The van der Waals surface area contributed by atoms with E-state index in [4.69, 9.17) is 0 Å². The summed E-state index contributed by atoms with van der Waals surface area (Å²) in [6.45, 7) is 4.17. The maximum absolute atomic E-state index is 10.4. The number of hydrazone groups is 1. The van der Waals surface area contributed by atoms with Gasteiger partial charge in [-0.2, -0.15) is 5.10 Å². The zero-order chi connectivity index (χ0) is 10.1. The lowest BCUT2D eigenvalue weighted by Gasteiger charge is -2.23. The first kappa shape index (κ1) is 8.74. The quantitative estimate of drug-likeness (QED) is 0.647. The van der Waals surface area contributed by atoms with Gasteiger partial charge in [0.1, 0.15) is 6.29 Å². The van der Waals surface area contributed by atoms with Gasteiger partial charge in [0.15, 0.2) is 0 Å². The molecule has 0 radical (unpaired) electrons. The molecule has 1 aliphatic heterocycles. The van der Waals surface area contributed by atoms with Crippen LogP contribution in [-0.4, -0.2) is 28.6 Å². The van der Waals surface area contributed by atoms with E-state index >= 15 is 0 Å². The molecule has 2 heterocycles. The fraction of sp³-hybridized carbons (Fsp3) is 0.200. The number of aromatic nitrogens is 1. The van der Waals surface area contributed by atoms with E-state index in [1.54, 1.807) is 11.2 Å². The van der Waals surface area contributed by atoms with Crippen LogP contribution in [-0.2, 0) is 11.8 Å². The molecule has 0 aromatic carbocycles. The number of rotatable bonds is 2. The Morgan fingerprint density at radius 2 is 2.43 bits per heavy atom. The van der Waals surface area contributed by atoms with Gasteiger partial charge >= 0.3 is 0 Å². The normalized spacial score (nSPS) is 14.4. The highest BCUT2D eigenvalue weighted by atomic mass is 16.1. The number of carbonyl (C=O) groups is 1. The summed E-state index contributed by atoms with van der Waals surface area (Å²) >= 11 is 0. The van der Waals surface area contributed by atoms with E-state index in [9.17, 15) is 4.79 Å². The molecule has 0 fully saturated rings. The van der Waals surface area contributed by atoms with Crippen molar-refractivity contribution in [2.75, 3.05) is 6.54 Å². The molecular formula is C10H11N3O. The molecule has 0 bridgehead atoms. The van der Waals surface area contributed by atoms with Crippen LogP contribution in [0, 0.1) is 0 Å². The first-order chi connectivity index (χ1) is 6.74. The van der Waals surface area contributed by atoms with Crippen molar-refractivity contribution in [3.63, 3.8) is 0 Å². The van der Waals surface area contributed by atoms with Crippen LogP contribution in [0.5, 0.6) is 0 Å². The molecule has 0 atom stereocenters. The molecule has 0 saturated heterocycles. The smallest absolute Gasteiger partial charge is 0.141 e. The number of hydrogen-bond acceptors (Lipinski definition) is 3. The Kier molecular flexibility index (Phi) is 1.96. The van der Waals surface area contributed by atoms with Crippen molar-refractivity contribution in [2.24, 2.45) is 12.1 Å². The Bertz CT molecular complexity index is 417. The summed E-state index contributed by atoms with van der Waals surface area (Å²) in [4.78, 5) is 10.4. The fourth-order valence-electron chi connectivity index (χ4n) is 1.58. The molecule has 0 N–H and O–H groups in total. The third-order valence-electron chi connectivity index (χ3n) is 2.27. The maximum Gasteiger partial charge on any atom is 0.141 e. The van der Waals surface area contributed by atoms with Gasteiger partial charge in [-0.25, -0.2) is 0 Å². The highest BCUT2D eigenvalue weighted by Gasteiger charge is 2.18. The predicted octanol–water partition coefficient (Wildman–Crippen LogP) is 0.844. The number of fused-ring (bicyclic) bond motifs is 1. The number of carbonyl (C=O) groups excluding carboxylic acids is 1. The van der Waals surface area contributed by atoms with Crippen LogP contribution in [0.25, 0.3) is 5.70 Å². The number of nitrogens with zero attached hydrogens (tertiary/aromatic N) is 3. The Labute approximate surface area is 82.1 Å². The highest BCUT2D eigenvalue weighted by molar-refractivity contribution is 5.89. The topological polar surface area (TPSA) is 37.6 Å². The van der Waals surface area contributed by atoms with Gasteiger partial charge in [0, 0.05) is 18.8 Å². The van der Waals surface area contributed by atoms with Gasteiger partial charge in [0.2, 0.25) is 0 Å². The molecule has 14 heavy (non-hydrogen) atoms. The molecule has 0 spiro atoms. The number of aryl methyl sites for hydroxylation is 1. The van der Waals surface area contributed by atoms with Crippen molar-refractivity contribution in [3.05, 3.63) is 30.1 Å². The van der Waals surface area contributed by atoms with Crippen LogP contribution in [0.15, 0.2) is 23.9 Å². The summed E-state index contributed by atoms with van der Waals surface area (Å²) in [6, 6.07) is 1.97. The molecule has 2 rings (SSSR count). The Morgan fingerprint density at radius 3 is 3.14 bits per heavy atom. The second-order valence-electron chi connectivity index (χ2n) is 3.17. The first-order valence-corrected chi connectivity index (χ1v) is 4.34. The van der Waals surface area contributed by atoms with Gasteiger partial charge in [0.25, 0.3) is 0 Å². The molecule has 4 heteroatoms. The summed E-state index contributed by atoms with van der Waals surface area (Å²) < 4.78 is 1.97. The summed E-state index contributed by atoms with van der Waals surface area (Å²) in [5.41, 5.74) is 2.82. The second-order valence-corrected chi connectivity index (χ2v) is 3.17. The van der Waals surface area contributed by atoms with Crippen molar-refractivity contribution in [2.45, 2.75) is 0 Å². The largest absolute Gasteiger partial charge is 0.349 e. The van der Waals surface area contributed by atoms with Crippen LogP contribution < -0.4 is 0 Å². The minimum atomic E-state index is 0.250. The zero-order valence-corrected chi connectivity index (χ0v) is 7.97. The Hall–Kier alpha value is -1.84. The monoisotopic (exact) mass is 189 g/mol. The van der Waals surface area contributed by atoms with E-state index in [2.05, 4.69) is 11.7 Å². The first-order valence-electron chi connectivity index (χ1n) is 4.34. The van der Waals surface area contributed by atoms with Gasteiger partial charge in [-0.3, -0.25) is 5.01 Å². The number of aldehydes is 1. The van der Waals surface area contributed by atoms with E-state index in [0.29, 0.717) is 0 Å². The highest BCUT2D eigenvalue weighted by Crippen LogP contribution is 2.24. The van der Waals surface area contributed by atoms with Gasteiger partial charge in [-0.15, -0.1) is 0 Å². The van der Waals surface area contributed by atoms with Crippen molar-refractivity contribution >= 4 is 18.2 Å². The zero-order valence-electron chi connectivity index (χ0n) is 7.97. The van der Waals surface area contributed by atoms with E-state index in [0.717, 1.165) is 23.2 Å². The van der Waals surface area contributed by atoms with Crippen molar-refractivity contribution in [1.82, 2.24) is 9.58 Å². The standard InChI is InChI=1S/C10H11N3O/c1-8-10-9(3-4-12(10)2)7-11-13(8)5-6-14/h3-4,6-7H,1,5H2,2H3. The van der Waals surface area contributed by atoms with Crippen LogP contribution in [0.4, 0.5) is 0 Å². The van der Waals surface area contributed by atoms with Gasteiger partial charge in [-0.05, 0) is 6.07 Å². The molecule has 1 aromatic rings. The summed E-state index contributed by atoms with van der Waals surface area (Å²) in [6.07, 6.45) is 4.51. The average molecular weight is 189 g/mol. The minimum absolute atomic E-state index is 0.250. The van der Waals surface area contributed by atoms with E-state index in [1.165, 1.54) is 0 Å². The van der Waals surface area contributed by atoms with Crippen LogP contribution in [0.2, 0.25) is 0 Å². The SMILES string of the molecule is C=C1c2c(ccn2C)C=NN1CC=O. The Morgan fingerprint density at radius 1 is 1.64 bits per heavy atom. The summed E-state index contributed by atoms with van der Waals surface area (Å²) in [5, 5.41) is 5.71. The molecule has 0 amide bonds. The van der Waals surface area contributed by atoms with Crippen molar-refractivity contribution in [3.8, 4) is 0 Å². The molecule has 1 aliphatic rings. The fourth-order valence-corrected chi connectivity index (χ4v) is 1.58. The lowest BCUT2D eigenvalue weighted by Crippen LogP contribution is -2.22. The lowest BCUT2D eigenvalue weighted by atomic mass is 10.2. The van der Waals surface area contributed by atoms with E-state index < -0.39 is 0 Å². The predicted molar refractivity (Wildman–Crippen MR) is 54.8 cm³/mol. The Balaban J connectivity index is 2.42. The third kappa shape index (κ3) is 1.16. The minimum Gasteiger partial charge on any atom is -0.349 e. The average Bonchev–Trinajstić information content (AvgIpc) is 2.54. The van der Waals surface area contributed by atoms with Gasteiger partial charge in [-0.1, -0.05) is 6.58 Å². The van der Waals surface area contributed by atoms with Crippen LogP contribution in [0.1, 0.15) is 11.3 Å². The van der Waals surface area contributed by atoms with E-state index in [-0.39, 0.29) is 6.54 Å². The third-order valence-corrected chi connectivity index (χ3v) is 2.27. The van der Waals surface area contributed by atoms with Gasteiger partial charge in [0.05, 0.1) is 24.2 Å². The summed E-state index contributed by atoms with van der Waals surface area (Å²) in [7, 11) is 1.95. The van der Waals surface area contributed by atoms with Gasteiger partial charge < -0.3 is 9.36 Å². The molecule has 0 aliphatic carbocycles. The molecule has 0 saturated carbocycles. The van der Waals surface area contributed by atoms with Crippen molar-refractivity contribution in [1.29, 1.82) is 0 Å². The molecule has 1 aromatic heterocycles. The van der Waals surface area contributed by atoms with E-state index in [1.807, 2.05) is 23.9 Å². The molecular weight excluding hydrogens is 178 g/mol. The second kappa shape index (κ2) is 3.14. The van der Waals surface area contributed by atoms with Crippen LogP contribution in [0.3, 0.4) is 0 Å². The van der Waals surface area contributed by atoms with Crippen molar-refractivity contribution < 1.29 is 4.79 Å². The molecule has 0 unspecified atom stereocenters. The molecule has 72 valence electrons.